The summed E-state index contributed by atoms with van der Waals surface area (Å²) in [5.74, 6) is -1.64. The highest BCUT2D eigenvalue weighted by Gasteiger charge is 2.34. The van der Waals surface area contributed by atoms with Gasteiger partial charge in [-0.25, -0.2) is 13.2 Å². The van der Waals surface area contributed by atoms with Crippen molar-refractivity contribution >= 4 is 21.9 Å². The van der Waals surface area contributed by atoms with Crippen LogP contribution in [0.1, 0.15) is 37.2 Å². The second-order valence-electron chi connectivity index (χ2n) is 6.24. The highest BCUT2D eigenvalue weighted by Crippen LogP contribution is 2.25. The number of furan rings is 1. The summed E-state index contributed by atoms with van der Waals surface area (Å²) in [5.41, 5.74) is 0. The van der Waals surface area contributed by atoms with E-state index in [1.807, 2.05) is 13.8 Å². The van der Waals surface area contributed by atoms with Crippen LogP contribution in [0.3, 0.4) is 0 Å². The molecule has 1 amide bonds. The van der Waals surface area contributed by atoms with E-state index in [2.05, 4.69) is 5.32 Å². The lowest BCUT2D eigenvalue weighted by Gasteiger charge is -2.29. The lowest BCUT2D eigenvalue weighted by Crippen LogP contribution is -2.43. The summed E-state index contributed by atoms with van der Waals surface area (Å²) in [7, 11) is -3.88. The van der Waals surface area contributed by atoms with Crippen LogP contribution in [0.2, 0.25) is 0 Å². The number of piperidine rings is 1. The first-order valence-electron chi connectivity index (χ1n) is 7.82. The third kappa shape index (κ3) is 4.15. The van der Waals surface area contributed by atoms with Gasteiger partial charge in [0.2, 0.25) is 16.8 Å². The number of rotatable bonds is 6. The fourth-order valence-corrected chi connectivity index (χ4v) is 3.89. The van der Waals surface area contributed by atoms with Crippen molar-refractivity contribution in [1.29, 1.82) is 0 Å². The van der Waals surface area contributed by atoms with E-state index in [9.17, 15) is 18.0 Å². The van der Waals surface area contributed by atoms with Crippen molar-refractivity contribution in [3.8, 4) is 0 Å². The zero-order valence-corrected chi connectivity index (χ0v) is 14.5. The summed E-state index contributed by atoms with van der Waals surface area (Å²) in [4.78, 5) is 22.8. The van der Waals surface area contributed by atoms with E-state index in [1.165, 1.54) is 4.31 Å². The summed E-state index contributed by atoms with van der Waals surface area (Å²) in [6.45, 7) is 5.01. The molecule has 0 atom stereocenters. The van der Waals surface area contributed by atoms with Crippen LogP contribution < -0.4 is 5.32 Å². The van der Waals surface area contributed by atoms with E-state index < -0.39 is 21.8 Å². The molecule has 9 heteroatoms. The number of sulfonamides is 1. The predicted molar refractivity (Wildman–Crippen MR) is 85.0 cm³/mol. The second-order valence-corrected chi connectivity index (χ2v) is 8.11. The minimum absolute atomic E-state index is 0.0492. The summed E-state index contributed by atoms with van der Waals surface area (Å²) >= 11 is 0. The Bertz CT molecular complexity index is 701. The van der Waals surface area contributed by atoms with Gasteiger partial charge in [-0.15, -0.1) is 0 Å². The zero-order valence-electron chi connectivity index (χ0n) is 13.7. The molecule has 2 N–H and O–H groups in total. The molecule has 24 heavy (non-hydrogen) atoms. The number of hydrogen-bond acceptors (Lipinski definition) is 5. The molecule has 0 aromatic carbocycles. The number of carboxylic acid groups (broad SMARTS) is 1. The molecule has 2 rings (SSSR count). The summed E-state index contributed by atoms with van der Waals surface area (Å²) in [6, 6.07) is 2.25. The number of hydrogen-bond donors (Lipinski definition) is 2. The summed E-state index contributed by atoms with van der Waals surface area (Å²) in [5, 5.41) is 11.3. The Morgan fingerprint density at radius 3 is 2.46 bits per heavy atom. The normalized spacial score (nSPS) is 17.1. The van der Waals surface area contributed by atoms with Gasteiger partial charge in [0.15, 0.2) is 0 Å². The predicted octanol–water partition coefficient (Wildman–Crippen LogP) is 1.15. The first kappa shape index (κ1) is 18.5. The minimum atomic E-state index is -3.88. The molecule has 2 heterocycles. The van der Waals surface area contributed by atoms with E-state index in [4.69, 9.17) is 9.52 Å². The highest BCUT2D eigenvalue weighted by molar-refractivity contribution is 7.89. The van der Waals surface area contributed by atoms with E-state index in [0.29, 0.717) is 25.3 Å². The third-order valence-corrected chi connectivity index (χ3v) is 5.67. The Hall–Kier alpha value is -1.87. The number of carbonyl (C=O) groups excluding carboxylic acids is 1. The van der Waals surface area contributed by atoms with Gasteiger partial charge in [0, 0.05) is 25.6 Å². The topological polar surface area (TPSA) is 117 Å². The summed E-state index contributed by atoms with van der Waals surface area (Å²) < 4.78 is 31.0. The van der Waals surface area contributed by atoms with Crippen LogP contribution in [0.25, 0.3) is 0 Å². The van der Waals surface area contributed by atoms with Crippen LogP contribution in [-0.4, -0.2) is 49.3 Å². The van der Waals surface area contributed by atoms with Crippen molar-refractivity contribution in [2.45, 2.75) is 31.8 Å². The van der Waals surface area contributed by atoms with Crippen molar-refractivity contribution in [2.24, 2.45) is 11.8 Å². The van der Waals surface area contributed by atoms with Gasteiger partial charge in [0.25, 0.3) is 10.0 Å². The molecule has 0 bridgehead atoms. The molecule has 1 saturated heterocycles. The van der Waals surface area contributed by atoms with Gasteiger partial charge in [-0.2, -0.15) is 4.31 Å². The molecular formula is C15H22N2O6S. The Morgan fingerprint density at radius 1 is 1.33 bits per heavy atom. The Kier molecular flexibility index (Phi) is 5.66. The van der Waals surface area contributed by atoms with E-state index >= 15 is 0 Å². The zero-order chi connectivity index (χ0) is 17.9. The second kappa shape index (κ2) is 7.35. The van der Waals surface area contributed by atoms with Crippen molar-refractivity contribution < 1.29 is 27.5 Å². The van der Waals surface area contributed by atoms with Crippen LogP contribution in [0.15, 0.2) is 21.6 Å². The molecule has 0 saturated carbocycles. The third-order valence-electron chi connectivity index (χ3n) is 3.90. The fraction of sp³-hybridized carbons (Fsp3) is 0.600. The summed E-state index contributed by atoms with van der Waals surface area (Å²) in [6.07, 6.45) is 0.852. The molecule has 8 nitrogen and oxygen atoms in total. The standard InChI is InChI=1S/C15H22N2O6S/c1-10(2)9-16-14(18)11-5-7-17(8-6-11)24(21,22)13-4-3-12(23-13)15(19)20/h3-4,10-11H,5-9H2,1-2H3,(H,16,18)(H,19,20). The van der Waals surface area contributed by atoms with Crippen LogP contribution in [0, 0.1) is 11.8 Å². The lowest BCUT2D eigenvalue weighted by atomic mass is 9.97. The average Bonchev–Trinajstić information content (AvgIpc) is 3.03. The molecule has 1 aliphatic heterocycles. The van der Waals surface area contributed by atoms with Gasteiger partial charge in [0.05, 0.1) is 0 Å². The first-order valence-corrected chi connectivity index (χ1v) is 9.27. The maximum Gasteiger partial charge on any atom is 0.371 e. The fourth-order valence-electron chi connectivity index (χ4n) is 2.51. The number of nitrogens with zero attached hydrogens (tertiary/aromatic N) is 1. The molecule has 1 aliphatic rings. The quantitative estimate of drug-likeness (QED) is 0.788. The van der Waals surface area contributed by atoms with Gasteiger partial charge in [0.1, 0.15) is 0 Å². The molecule has 1 fully saturated rings. The van der Waals surface area contributed by atoms with E-state index in [1.54, 1.807) is 0 Å². The van der Waals surface area contributed by atoms with Gasteiger partial charge in [-0.3, -0.25) is 4.79 Å². The molecule has 0 aliphatic carbocycles. The molecule has 0 unspecified atom stereocenters. The molecule has 1 aromatic heterocycles. The smallest absolute Gasteiger partial charge is 0.371 e. The van der Waals surface area contributed by atoms with Gasteiger partial charge >= 0.3 is 5.97 Å². The molecule has 1 aromatic rings. The Balaban J connectivity index is 1.97. The number of amides is 1. The van der Waals surface area contributed by atoms with Crippen LogP contribution in [0.4, 0.5) is 0 Å². The van der Waals surface area contributed by atoms with Crippen molar-refractivity contribution in [1.82, 2.24) is 9.62 Å². The number of nitrogens with one attached hydrogen (secondary N) is 1. The van der Waals surface area contributed by atoms with Crippen LogP contribution in [0.5, 0.6) is 0 Å². The maximum atomic E-state index is 12.5. The number of aromatic carboxylic acids is 1. The Labute approximate surface area is 140 Å². The molecule has 134 valence electrons. The monoisotopic (exact) mass is 358 g/mol. The maximum absolute atomic E-state index is 12.5. The van der Waals surface area contributed by atoms with Crippen LogP contribution >= 0.6 is 0 Å². The largest absolute Gasteiger partial charge is 0.475 e. The van der Waals surface area contributed by atoms with E-state index in [0.717, 1.165) is 12.1 Å². The minimum Gasteiger partial charge on any atom is -0.475 e. The van der Waals surface area contributed by atoms with Gasteiger partial charge in [-0.1, -0.05) is 13.8 Å². The molecular weight excluding hydrogens is 336 g/mol. The van der Waals surface area contributed by atoms with Crippen molar-refractivity contribution in [3.05, 3.63) is 17.9 Å². The molecule has 0 radical (unpaired) electrons. The average molecular weight is 358 g/mol. The SMILES string of the molecule is CC(C)CNC(=O)C1CCN(S(=O)(=O)c2ccc(C(=O)O)o2)CC1. The van der Waals surface area contributed by atoms with Gasteiger partial charge < -0.3 is 14.8 Å². The molecule has 0 spiro atoms. The highest BCUT2D eigenvalue weighted by atomic mass is 32.2. The van der Waals surface area contributed by atoms with Gasteiger partial charge in [-0.05, 0) is 30.9 Å². The Morgan fingerprint density at radius 2 is 1.96 bits per heavy atom. The number of carboxylic acids is 1. The van der Waals surface area contributed by atoms with Crippen molar-refractivity contribution in [2.75, 3.05) is 19.6 Å². The lowest BCUT2D eigenvalue weighted by molar-refractivity contribution is -0.126. The first-order chi connectivity index (χ1) is 11.2. The van der Waals surface area contributed by atoms with Crippen LogP contribution in [-0.2, 0) is 14.8 Å². The van der Waals surface area contributed by atoms with Crippen molar-refractivity contribution in [3.63, 3.8) is 0 Å². The number of carbonyl (C=O) groups is 2. The van der Waals surface area contributed by atoms with E-state index in [-0.39, 0.29) is 30.0 Å².